The third-order valence-electron chi connectivity index (χ3n) is 3.98. The maximum atomic E-state index is 10.1. The molecule has 0 aromatic heterocycles. The fourth-order valence-corrected chi connectivity index (χ4v) is 3.34. The first-order valence-electron chi connectivity index (χ1n) is 6.90. The molecule has 8 nitrogen and oxygen atoms in total. The highest BCUT2D eigenvalue weighted by atomic mass is 35.5. The van der Waals surface area contributed by atoms with Crippen LogP contribution in [0.2, 0.25) is 0 Å². The average molecular weight is 398 g/mol. The van der Waals surface area contributed by atoms with E-state index < -0.39 is 60.7 Å². The minimum absolute atomic E-state index is 0.125. The van der Waals surface area contributed by atoms with Crippen molar-refractivity contribution in [3.8, 4) is 0 Å². The summed E-state index contributed by atoms with van der Waals surface area (Å²) in [6.45, 7) is 0. The zero-order valence-corrected chi connectivity index (χ0v) is 14.1. The molecule has 2 aliphatic rings. The van der Waals surface area contributed by atoms with Crippen molar-refractivity contribution in [2.24, 2.45) is 0 Å². The van der Waals surface area contributed by atoms with Gasteiger partial charge < -0.3 is 39.7 Å². The first kappa shape index (κ1) is 19.9. The lowest BCUT2D eigenvalue weighted by molar-refractivity contribution is -0.366. The number of rotatable bonds is 5. The number of hydrogen-bond donors (Lipinski definition) is 5. The minimum Gasteiger partial charge on any atom is -0.388 e. The summed E-state index contributed by atoms with van der Waals surface area (Å²) in [7, 11) is 0. The Kier molecular flexibility index (Phi) is 6.77. The van der Waals surface area contributed by atoms with Crippen molar-refractivity contribution < 1.29 is 39.7 Å². The van der Waals surface area contributed by atoms with Gasteiger partial charge in [0.25, 0.3) is 0 Å². The van der Waals surface area contributed by atoms with Crippen molar-refractivity contribution in [1.29, 1.82) is 0 Å². The molecule has 11 heteroatoms. The van der Waals surface area contributed by atoms with E-state index in [0.29, 0.717) is 0 Å². The van der Waals surface area contributed by atoms with Gasteiger partial charge in [-0.05, 0) is 0 Å². The van der Waals surface area contributed by atoms with Crippen LogP contribution in [-0.2, 0) is 14.2 Å². The summed E-state index contributed by atoms with van der Waals surface area (Å²) in [6, 6.07) is 0. The van der Waals surface area contributed by atoms with Crippen LogP contribution < -0.4 is 0 Å². The van der Waals surface area contributed by atoms with E-state index in [0.717, 1.165) is 0 Å². The van der Waals surface area contributed by atoms with Crippen molar-refractivity contribution in [2.75, 3.05) is 17.6 Å². The number of ether oxygens (including phenoxy) is 3. The van der Waals surface area contributed by atoms with Crippen LogP contribution in [0.25, 0.3) is 0 Å². The molecule has 2 rings (SSSR count). The topological polar surface area (TPSA) is 129 Å². The third kappa shape index (κ3) is 3.58. The Morgan fingerprint density at radius 1 is 0.826 bits per heavy atom. The van der Waals surface area contributed by atoms with E-state index in [2.05, 4.69) is 0 Å². The van der Waals surface area contributed by atoms with E-state index >= 15 is 0 Å². The zero-order chi connectivity index (χ0) is 17.4. The number of aliphatic hydroxyl groups is 5. The van der Waals surface area contributed by atoms with Gasteiger partial charge in [-0.3, -0.25) is 0 Å². The Bertz CT molecular complexity index is 403. The molecular weight excluding hydrogens is 378 g/mol. The van der Waals surface area contributed by atoms with Crippen LogP contribution in [0.4, 0.5) is 0 Å². The number of aliphatic hydroxyl groups excluding tert-OH is 5. The number of halogens is 3. The Morgan fingerprint density at radius 2 is 1.43 bits per heavy atom. The second-order valence-electron chi connectivity index (χ2n) is 5.48. The van der Waals surface area contributed by atoms with Crippen LogP contribution in [0.15, 0.2) is 0 Å². The average Bonchev–Trinajstić information content (AvgIpc) is 2.80. The molecule has 0 bridgehead atoms. The van der Waals surface area contributed by atoms with Crippen LogP contribution in [0.1, 0.15) is 0 Å². The SMILES string of the molecule is OC1C(CCl)OC(OC2(CCl)OC(CCl)C(O)C2O)C(O)C1O. The molecular formula is C12H19Cl3O8. The molecule has 136 valence electrons. The van der Waals surface area contributed by atoms with Gasteiger partial charge in [0.15, 0.2) is 6.29 Å². The van der Waals surface area contributed by atoms with Gasteiger partial charge in [-0.2, -0.15) is 0 Å². The van der Waals surface area contributed by atoms with Crippen molar-refractivity contribution >= 4 is 34.8 Å². The lowest BCUT2D eigenvalue weighted by atomic mass is 9.99. The molecule has 0 saturated carbocycles. The highest BCUT2D eigenvalue weighted by Gasteiger charge is 2.58. The van der Waals surface area contributed by atoms with Crippen LogP contribution in [0.3, 0.4) is 0 Å². The van der Waals surface area contributed by atoms with Crippen molar-refractivity contribution in [1.82, 2.24) is 0 Å². The molecule has 0 spiro atoms. The number of alkyl halides is 3. The van der Waals surface area contributed by atoms with Crippen molar-refractivity contribution in [3.63, 3.8) is 0 Å². The fourth-order valence-electron chi connectivity index (χ4n) is 2.56. The van der Waals surface area contributed by atoms with E-state index in [-0.39, 0.29) is 11.8 Å². The summed E-state index contributed by atoms with van der Waals surface area (Å²) >= 11 is 17.1. The maximum Gasteiger partial charge on any atom is 0.214 e. The minimum atomic E-state index is -1.90. The predicted octanol–water partition coefficient (Wildman–Crippen LogP) is -1.66. The van der Waals surface area contributed by atoms with Gasteiger partial charge in [-0.1, -0.05) is 0 Å². The summed E-state index contributed by atoms with van der Waals surface area (Å²) in [5.41, 5.74) is 0. The quantitative estimate of drug-likeness (QED) is 0.349. The molecule has 9 unspecified atom stereocenters. The second kappa shape index (κ2) is 7.84. The molecule has 9 atom stereocenters. The Labute approximate surface area is 147 Å². The van der Waals surface area contributed by atoms with Crippen LogP contribution in [-0.4, -0.2) is 98.0 Å². The Hall–Kier alpha value is 0.550. The lowest BCUT2D eigenvalue weighted by Gasteiger charge is -2.43. The standard InChI is InChI=1S/C12H19Cl3O8/c13-1-4-6(16)8(18)9(19)11(21-4)23-12(3-15)10(20)7(17)5(2-14)22-12/h4-11,16-20H,1-3H2. The molecule has 23 heavy (non-hydrogen) atoms. The fraction of sp³-hybridized carbons (Fsp3) is 1.00. The monoisotopic (exact) mass is 396 g/mol. The maximum absolute atomic E-state index is 10.1. The first-order valence-corrected chi connectivity index (χ1v) is 8.51. The third-order valence-corrected chi connectivity index (χ3v) is 4.96. The van der Waals surface area contributed by atoms with E-state index in [1.807, 2.05) is 0 Å². The van der Waals surface area contributed by atoms with Gasteiger partial charge in [0.2, 0.25) is 5.79 Å². The molecule has 2 aliphatic heterocycles. The Morgan fingerprint density at radius 3 is 1.91 bits per heavy atom. The molecule has 0 radical (unpaired) electrons. The highest BCUT2D eigenvalue weighted by Crippen LogP contribution is 2.37. The summed E-state index contributed by atoms with van der Waals surface area (Å²) in [5.74, 6) is -2.60. The lowest BCUT2D eigenvalue weighted by Crippen LogP contribution is -2.62. The molecule has 5 N–H and O–H groups in total. The van der Waals surface area contributed by atoms with Gasteiger partial charge in [0, 0.05) is 0 Å². The van der Waals surface area contributed by atoms with Crippen LogP contribution in [0, 0.1) is 0 Å². The van der Waals surface area contributed by atoms with Gasteiger partial charge in [-0.25, -0.2) is 0 Å². The van der Waals surface area contributed by atoms with Crippen molar-refractivity contribution in [3.05, 3.63) is 0 Å². The normalized spacial score (nSPS) is 51.1. The van der Waals surface area contributed by atoms with Gasteiger partial charge in [0.05, 0.1) is 17.6 Å². The van der Waals surface area contributed by atoms with Crippen LogP contribution >= 0.6 is 34.8 Å². The molecule has 2 saturated heterocycles. The van der Waals surface area contributed by atoms with E-state index in [1.165, 1.54) is 0 Å². The molecule has 2 fully saturated rings. The predicted molar refractivity (Wildman–Crippen MR) is 79.5 cm³/mol. The summed E-state index contributed by atoms with van der Waals surface area (Å²) in [6.07, 6.45) is -11.0. The molecule has 0 aromatic rings. The number of hydrogen-bond acceptors (Lipinski definition) is 8. The summed E-state index contributed by atoms with van der Waals surface area (Å²) in [5, 5.41) is 49.6. The smallest absolute Gasteiger partial charge is 0.214 e. The molecule has 2 heterocycles. The van der Waals surface area contributed by atoms with Gasteiger partial charge in [-0.15, -0.1) is 34.8 Å². The Balaban J connectivity index is 2.18. The first-order chi connectivity index (χ1) is 10.8. The molecule has 0 amide bonds. The van der Waals surface area contributed by atoms with E-state index in [9.17, 15) is 25.5 Å². The van der Waals surface area contributed by atoms with Crippen LogP contribution in [0.5, 0.6) is 0 Å². The van der Waals surface area contributed by atoms with Gasteiger partial charge in [0.1, 0.15) is 42.7 Å². The van der Waals surface area contributed by atoms with E-state index in [4.69, 9.17) is 49.0 Å². The highest BCUT2D eigenvalue weighted by molar-refractivity contribution is 6.19. The molecule has 0 aromatic carbocycles. The molecule has 0 aliphatic carbocycles. The summed E-state index contributed by atoms with van der Waals surface area (Å²) < 4.78 is 16.1. The second-order valence-corrected chi connectivity index (χ2v) is 6.36. The zero-order valence-electron chi connectivity index (χ0n) is 11.8. The largest absolute Gasteiger partial charge is 0.388 e. The summed E-state index contributed by atoms with van der Waals surface area (Å²) in [4.78, 5) is 0. The van der Waals surface area contributed by atoms with E-state index in [1.54, 1.807) is 0 Å². The van der Waals surface area contributed by atoms with Gasteiger partial charge >= 0.3 is 0 Å². The van der Waals surface area contributed by atoms with Crippen molar-refractivity contribution in [2.45, 2.75) is 54.8 Å².